The minimum Gasteiger partial charge on any atom is -0.302 e. The van der Waals surface area contributed by atoms with Gasteiger partial charge in [-0.05, 0) is 49.1 Å². The van der Waals surface area contributed by atoms with Gasteiger partial charge in [0.05, 0.1) is 4.91 Å². The van der Waals surface area contributed by atoms with Gasteiger partial charge in [-0.15, -0.1) is 11.3 Å². The Morgan fingerprint density at radius 3 is 2.61 bits per heavy atom. The number of carbonyl (C=O) groups excluding carboxylic acids is 2. The van der Waals surface area contributed by atoms with E-state index < -0.39 is 0 Å². The van der Waals surface area contributed by atoms with Crippen molar-refractivity contribution in [1.29, 1.82) is 0 Å². The number of anilines is 1. The number of amides is 2. The molecule has 1 aliphatic heterocycles. The van der Waals surface area contributed by atoms with Crippen LogP contribution >= 0.6 is 46.9 Å². The van der Waals surface area contributed by atoms with E-state index in [1.54, 1.807) is 11.1 Å². The maximum Gasteiger partial charge on any atom is 0.266 e. The molecule has 2 amide bonds. The highest BCUT2D eigenvalue weighted by molar-refractivity contribution is 8.26. The van der Waals surface area contributed by atoms with E-state index in [-0.39, 0.29) is 11.8 Å². The number of aromatic nitrogens is 1. The summed E-state index contributed by atoms with van der Waals surface area (Å²) < 4.78 is 0.592. The van der Waals surface area contributed by atoms with Gasteiger partial charge in [-0.25, -0.2) is 4.98 Å². The molecule has 3 aromatic rings. The second-order valence-corrected chi connectivity index (χ2v) is 11.8. The minimum atomic E-state index is -0.0472. The lowest BCUT2D eigenvalue weighted by Gasteiger charge is -2.14. The highest BCUT2D eigenvalue weighted by Gasteiger charge is 2.31. The van der Waals surface area contributed by atoms with Crippen molar-refractivity contribution in [2.24, 2.45) is 0 Å². The molecule has 1 aromatic heterocycles. The van der Waals surface area contributed by atoms with Crippen LogP contribution in [0.1, 0.15) is 47.3 Å². The second kappa shape index (κ2) is 12.6. The summed E-state index contributed by atoms with van der Waals surface area (Å²) in [5.41, 5.74) is 3.32. The summed E-state index contributed by atoms with van der Waals surface area (Å²) in [5, 5.41) is 4.21. The number of halogens is 1. The van der Waals surface area contributed by atoms with Crippen molar-refractivity contribution < 1.29 is 9.59 Å². The Kier molecular flexibility index (Phi) is 9.31. The Morgan fingerprint density at radius 2 is 1.86 bits per heavy atom. The normalized spacial score (nSPS) is 14.6. The molecule has 186 valence electrons. The van der Waals surface area contributed by atoms with Crippen LogP contribution < -0.4 is 5.32 Å². The Bertz CT molecular complexity index is 1270. The number of thiazole rings is 1. The Balaban J connectivity index is 1.16. The van der Waals surface area contributed by atoms with Crippen LogP contribution in [0.25, 0.3) is 6.08 Å². The molecule has 1 fully saturated rings. The summed E-state index contributed by atoms with van der Waals surface area (Å²) in [4.78, 5) is 32.8. The number of aryl methyl sites for hydroxylation is 1. The molecule has 5 nitrogen and oxygen atoms in total. The number of nitrogens with zero attached hydrogens (tertiary/aromatic N) is 2. The van der Waals surface area contributed by atoms with Gasteiger partial charge in [0, 0.05) is 35.5 Å². The predicted molar refractivity (Wildman–Crippen MR) is 155 cm³/mol. The maximum atomic E-state index is 12.8. The molecule has 1 N–H and O–H groups in total. The van der Waals surface area contributed by atoms with Gasteiger partial charge in [-0.2, -0.15) is 0 Å². The smallest absolute Gasteiger partial charge is 0.266 e. The fourth-order valence-corrected chi connectivity index (χ4v) is 5.97. The highest BCUT2D eigenvalue weighted by Crippen LogP contribution is 2.33. The molecule has 0 saturated carbocycles. The molecule has 1 saturated heterocycles. The summed E-state index contributed by atoms with van der Waals surface area (Å²) in [6, 6.07) is 15.8. The molecule has 1 aliphatic rings. The average Bonchev–Trinajstić information content (AvgIpc) is 3.40. The molecule has 0 unspecified atom stereocenters. The van der Waals surface area contributed by atoms with Gasteiger partial charge in [0.15, 0.2) is 5.13 Å². The third-order valence-electron chi connectivity index (χ3n) is 5.63. The van der Waals surface area contributed by atoms with Crippen LogP contribution in [0.2, 0.25) is 5.02 Å². The molecule has 36 heavy (non-hydrogen) atoms. The van der Waals surface area contributed by atoms with E-state index >= 15 is 0 Å². The molecule has 0 radical (unpaired) electrons. The summed E-state index contributed by atoms with van der Waals surface area (Å²) in [7, 11) is 0. The van der Waals surface area contributed by atoms with Crippen LogP contribution in [0.4, 0.5) is 5.13 Å². The Labute approximate surface area is 230 Å². The lowest BCUT2D eigenvalue weighted by atomic mass is 10.1. The van der Waals surface area contributed by atoms with Crippen molar-refractivity contribution in [3.63, 3.8) is 0 Å². The number of hydrogen-bond donors (Lipinski definition) is 1. The molecule has 0 atom stereocenters. The van der Waals surface area contributed by atoms with E-state index in [1.165, 1.54) is 28.7 Å². The third kappa shape index (κ3) is 7.49. The fraction of sp³-hybridized carbons (Fsp3) is 0.259. The summed E-state index contributed by atoms with van der Waals surface area (Å²) in [6.45, 7) is 2.60. The number of carbonyl (C=O) groups is 2. The van der Waals surface area contributed by atoms with Gasteiger partial charge in [0.25, 0.3) is 5.91 Å². The van der Waals surface area contributed by atoms with Crippen molar-refractivity contribution in [3.8, 4) is 0 Å². The summed E-state index contributed by atoms with van der Waals surface area (Å²) in [5.74, 6) is -0.0875. The minimum absolute atomic E-state index is 0.0403. The lowest BCUT2D eigenvalue weighted by Crippen LogP contribution is -2.29. The first kappa shape index (κ1) is 26.5. The lowest BCUT2D eigenvalue weighted by molar-refractivity contribution is -0.122. The van der Waals surface area contributed by atoms with E-state index in [4.69, 9.17) is 23.8 Å². The van der Waals surface area contributed by atoms with Gasteiger partial charge in [-0.3, -0.25) is 14.5 Å². The predicted octanol–water partition coefficient (Wildman–Crippen LogP) is 7.10. The van der Waals surface area contributed by atoms with Gasteiger partial charge < -0.3 is 5.32 Å². The monoisotopic (exact) mass is 555 g/mol. The van der Waals surface area contributed by atoms with E-state index in [0.29, 0.717) is 32.3 Å². The van der Waals surface area contributed by atoms with Crippen LogP contribution in [-0.4, -0.2) is 32.6 Å². The van der Waals surface area contributed by atoms with E-state index in [0.717, 1.165) is 41.7 Å². The Hall–Kier alpha value is -2.52. The molecule has 9 heteroatoms. The topological polar surface area (TPSA) is 62.3 Å². The second-order valence-electron chi connectivity index (χ2n) is 8.54. The summed E-state index contributed by atoms with van der Waals surface area (Å²) >= 11 is 14.2. The molecule has 0 bridgehead atoms. The van der Waals surface area contributed by atoms with Crippen molar-refractivity contribution in [3.05, 3.63) is 86.2 Å². The van der Waals surface area contributed by atoms with E-state index in [2.05, 4.69) is 10.3 Å². The van der Waals surface area contributed by atoms with Crippen molar-refractivity contribution in [2.75, 3.05) is 11.9 Å². The number of thiocarbonyl (C=S) groups is 1. The third-order valence-corrected chi connectivity index (χ3v) is 8.17. The first-order valence-electron chi connectivity index (χ1n) is 11.7. The number of rotatable bonds is 10. The molecule has 0 spiro atoms. The SMILES string of the molecule is Cc1ccc(C=C2SC(=S)N(CCCCCC(=O)Nc3ncc(Cc4ccc(Cl)cc4)s3)C2=O)cc1. The van der Waals surface area contributed by atoms with Gasteiger partial charge >= 0.3 is 0 Å². The van der Waals surface area contributed by atoms with Crippen LogP contribution in [-0.2, 0) is 16.0 Å². The first-order valence-corrected chi connectivity index (χ1v) is 14.1. The molecule has 0 aliphatic carbocycles. The van der Waals surface area contributed by atoms with Gasteiger partial charge in [-0.1, -0.05) is 84.0 Å². The maximum absolute atomic E-state index is 12.8. The van der Waals surface area contributed by atoms with Crippen molar-refractivity contribution in [2.45, 2.75) is 39.0 Å². The number of nitrogens with one attached hydrogen (secondary N) is 1. The number of benzene rings is 2. The number of thioether (sulfide) groups is 1. The zero-order valence-electron chi connectivity index (χ0n) is 19.8. The average molecular weight is 556 g/mol. The molecular weight excluding hydrogens is 530 g/mol. The largest absolute Gasteiger partial charge is 0.302 e. The van der Waals surface area contributed by atoms with Crippen LogP contribution in [0.3, 0.4) is 0 Å². The van der Waals surface area contributed by atoms with Gasteiger partial charge in [0.2, 0.25) is 5.91 Å². The molecule has 4 rings (SSSR count). The zero-order chi connectivity index (χ0) is 25.5. The standard InChI is InChI=1S/C27H26ClN3O2S3/c1-18-6-8-20(9-7-18)16-23-25(33)31(27(34)36-23)14-4-2-3-5-24(32)30-26-29-17-22(35-26)15-19-10-12-21(28)13-11-19/h6-13,16-17H,2-5,14-15H2,1H3,(H,29,30,32). The number of hydrogen-bond acceptors (Lipinski definition) is 6. The number of unbranched alkanes of at least 4 members (excludes halogenated alkanes) is 2. The van der Waals surface area contributed by atoms with Crippen LogP contribution in [0, 0.1) is 6.92 Å². The quantitative estimate of drug-likeness (QED) is 0.164. The van der Waals surface area contributed by atoms with E-state index in [1.807, 2.05) is 61.5 Å². The fourth-order valence-electron chi connectivity index (χ4n) is 3.67. The molecule has 2 heterocycles. The highest BCUT2D eigenvalue weighted by atomic mass is 35.5. The van der Waals surface area contributed by atoms with E-state index in [9.17, 15) is 9.59 Å². The van der Waals surface area contributed by atoms with Gasteiger partial charge in [0.1, 0.15) is 4.32 Å². The first-order chi connectivity index (χ1) is 17.4. The van der Waals surface area contributed by atoms with Crippen molar-refractivity contribution in [1.82, 2.24) is 9.88 Å². The van der Waals surface area contributed by atoms with Crippen LogP contribution in [0.15, 0.2) is 59.6 Å². The van der Waals surface area contributed by atoms with Crippen molar-refractivity contribution >= 4 is 74.3 Å². The summed E-state index contributed by atoms with van der Waals surface area (Å²) in [6.07, 6.45) is 7.22. The molecular formula is C27H26ClN3O2S3. The van der Waals surface area contributed by atoms with Crippen LogP contribution in [0.5, 0.6) is 0 Å². The molecule has 2 aromatic carbocycles. The Morgan fingerprint density at radius 1 is 1.11 bits per heavy atom. The zero-order valence-corrected chi connectivity index (χ0v) is 23.0.